The average molecular weight is 243 g/mol. The van der Waals surface area contributed by atoms with Gasteiger partial charge in [-0.3, -0.25) is 4.79 Å². The lowest BCUT2D eigenvalue weighted by Crippen LogP contribution is -2.17. The molecule has 94 valence electrons. The summed E-state index contributed by atoms with van der Waals surface area (Å²) in [7, 11) is 3.63. The number of aryl methyl sites for hydroxylation is 1. The summed E-state index contributed by atoms with van der Waals surface area (Å²) >= 11 is 0. The van der Waals surface area contributed by atoms with Crippen LogP contribution in [0.3, 0.4) is 0 Å². The molecule has 4 nitrogen and oxygen atoms in total. The molecule has 2 rings (SSSR count). The highest BCUT2D eigenvalue weighted by Gasteiger charge is 2.02. The molecule has 0 aliphatic heterocycles. The number of carbonyl (C=O) groups is 1. The van der Waals surface area contributed by atoms with E-state index in [0.717, 1.165) is 12.2 Å². The van der Waals surface area contributed by atoms with Gasteiger partial charge in [-0.25, -0.2) is 0 Å². The molecule has 1 aromatic carbocycles. The van der Waals surface area contributed by atoms with Crippen LogP contribution in [0.15, 0.2) is 42.7 Å². The van der Waals surface area contributed by atoms with Crippen molar-refractivity contribution in [3.8, 4) is 0 Å². The highest BCUT2D eigenvalue weighted by Crippen LogP contribution is 2.11. The van der Waals surface area contributed by atoms with Crippen LogP contribution in [0, 0.1) is 0 Å². The molecule has 1 aromatic heterocycles. The number of hydrogen-bond donors (Lipinski definition) is 2. The molecule has 0 fully saturated rings. The predicted molar refractivity (Wildman–Crippen MR) is 72.6 cm³/mol. The minimum absolute atomic E-state index is 0.0652. The Morgan fingerprint density at radius 3 is 2.50 bits per heavy atom. The molecule has 0 saturated carbocycles. The maximum Gasteiger partial charge on any atom is 0.251 e. The number of anilines is 1. The van der Waals surface area contributed by atoms with Gasteiger partial charge in [0.25, 0.3) is 5.91 Å². The molecule has 2 aromatic rings. The lowest BCUT2D eigenvalue weighted by atomic mass is 10.2. The number of hydrogen-bond acceptors (Lipinski definition) is 2. The molecular formula is C14H17N3O. The van der Waals surface area contributed by atoms with Crippen molar-refractivity contribution in [3.63, 3.8) is 0 Å². The Kier molecular flexibility index (Phi) is 3.67. The molecule has 0 bridgehead atoms. The van der Waals surface area contributed by atoms with Gasteiger partial charge in [0, 0.05) is 44.3 Å². The van der Waals surface area contributed by atoms with E-state index in [4.69, 9.17) is 0 Å². The van der Waals surface area contributed by atoms with E-state index in [0.29, 0.717) is 5.56 Å². The molecule has 2 N–H and O–H groups in total. The lowest BCUT2D eigenvalue weighted by molar-refractivity contribution is 0.0963. The van der Waals surface area contributed by atoms with Crippen molar-refractivity contribution >= 4 is 11.6 Å². The van der Waals surface area contributed by atoms with Crippen molar-refractivity contribution in [2.24, 2.45) is 7.05 Å². The van der Waals surface area contributed by atoms with Gasteiger partial charge in [-0.1, -0.05) is 0 Å². The Hall–Kier alpha value is -2.23. The van der Waals surface area contributed by atoms with E-state index in [-0.39, 0.29) is 5.91 Å². The zero-order valence-electron chi connectivity index (χ0n) is 10.6. The van der Waals surface area contributed by atoms with Crippen LogP contribution in [-0.4, -0.2) is 17.5 Å². The first-order valence-electron chi connectivity index (χ1n) is 5.86. The second-order valence-electron chi connectivity index (χ2n) is 4.20. The third-order valence-corrected chi connectivity index (χ3v) is 2.76. The van der Waals surface area contributed by atoms with Crippen molar-refractivity contribution in [2.45, 2.75) is 6.54 Å². The number of aromatic nitrogens is 1. The van der Waals surface area contributed by atoms with Crippen molar-refractivity contribution in [1.82, 2.24) is 9.88 Å². The zero-order chi connectivity index (χ0) is 13.0. The van der Waals surface area contributed by atoms with Crippen LogP contribution in [0.1, 0.15) is 15.9 Å². The summed E-state index contributed by atoms with van der Waals surface area (Å²) in [4.78, 5) is 11.4. The summed E-state index contributed by atoms with van der Waals surface area (Å²) < 4.78 is 2.02. The monoisotopic (exact) mass is 243 g/mol. The van der Waals surface area contributed by atoms with Crippen LogP contribution in [0.2, 0.25) is 0 Å². The molecular weight excluding hydrogens is 226 g/mol. The van der Waals surface area contributed by atoms with Crippen LogP contribution < -0.4 is 10.6 Å². The van der Waals surface area contributed by atoms with E-state index in [9.17, 15) is 4.79 Å². The maximum atomic E-state index is 11.4. The summed E-state index contributed by atoms with van der Waals surface area (Å²) in [5.74, 6) is -0.0652. The molecule has 1 heterocycles. The molecule has 4 heteroatoms. The Morgan fingerprint density at radius 2 is 1.94 bits per heavy atom. The molecule has 18 heavy (non-hydrogen) atoms. The molecule has 1 amide bonds. The van der Waals surface area contributed by atoms with Gasteiger partial charge >= 0.3 is 0 Å². The number of carbonyl (C=O) groups excluding carboxylic acids is 1. The van der Waals surface area contributed by atoms with Gasteiger partial charge in [0.1, 0.15) is 0 Å². The topological polar surface area (TPSA) is 46.1 Å². The fraction of sp³-hybridized carbons (Fsp3) is 0.214. The van der Waals surface area contributed by atoms with E-state index >= 15 is 0 Å². The van der Waals surface area contributed by atoms with Gasteiger partial charge in [0.05, 0.1) is 0 Å². The molecule has 0 aliphatic rings. The van der Waals surface area contributed by atoms with Crippen molar-refractivity contribution in [1.29, 1.82) is 0 Å². The molecule has 0 saturated heterocycles. The smallest absolute Gasteiger partial charge is 0.251 e. The quantitative estimate of drug-likeness (QED) is 0.862. The van der Waals surface area contributed by atoms with Crippen LogP contribution in [0.5, 0.6) is 0 Å². The average Bonchev–Trinajstić information content (AvgIpc) is 2.82. The summed E-state index contributed by atoms with van der Waals surface area (Å²) in [6.07, 6.45) is 4.09. The Bertz CT molecular complexity index is 528. The number of rotatable bonds is 4. The summed E-state index contributed by atoms with van der Waals surface area (Å²) in [6.45, 7) is 0.778. The number of amides is 1. The van der Waals surface area contributed by atoms with E-state index in [1.165, 1.54) is 5.56 Å². The normalized spacial score (nSPS) is 10.1. The van der Waals surface area contributed by atoms with Gasteiger partial charge < -0.3 is 15.2 Å². The van der Waals surface area contributed by atoms with Gasteiger partial charge in [-0.15, -0.1) is 0 Å². The number of nitrogens with zero attached hydrogens (tertiary/aromatic N) is 1. The third-order valence-electron chi connectivity index (χ3n) is 2.76. The standard InChI is InChI=1S/C14H17N3O/c1-15-14(18)12-3-5-13(6-4-12)16-9-11-7-8-17(2)10-11/h3-8,10,16H,9H2,1-2H3,(H,15,18). The van der Waals surface area contributed by atoms with E-state index in [1.807, 2.05) is 42.1 Å². The minimum atomic E-state index is -0.0652. The number of nitrogens with one attached hydrogen (secondary N) is 2. The first-order valence-corrected chi connectivity index (χ1v) is 5.86. The Balaban J connectivity index is 1.96. The molecule has 0 spiro atoms. The third kappa shape index (κ3) is 2.91. The van der Waals surface area contributed by atoms with Crippen molar-refractivity contribution in [2.75, 3.05) is 12.4 Å². The van der Waals surface area contributed by atoms with E-state index in [1.54, 1.807) is 7.05 Å². The Labute approximate surface area is 107 Å². The van der Waals surface area contributed by atoms with Crippen molar-refractivity contribution < 1.29 is 4.79 Å². The largest absolute Gasteiger partial charge is 0.381 e. The van der Waals surface area contributed by atoms with Gasteiger partial charge in [0.2, 0.25) is 0 Å². The molecule has 0 radical (unpaired) electrons. The fourth-order valence-corrected chi connectivity index (χ4v) is 1.75. The zero-order valence-corrected chi connectivity index (χ0v) is 10.6. The van der Waals surface area contributed by atoms with Crippen LogP contribution in [-0.2, 0) is 13.6 Å². The maximum absolute atomic E-state index is 11.4. The second-order valence-corrected chi connectivity index (χ2v) is 4.20. The van der Waals surface area contributed by atoms with Crippen LogP contribution in [0.25, 0.3) is 0 Å². The number of benzene rings is 1. The minimum Gasteiger partial charge on any atom is -0.381 e. The van der Waals surface area contributed by atoms with E-state index in [2.05, 4.69) is 22.9 Å². The summed E-state index contributed by atoms with van der Waals surface area (Å²) in [5, 5.41) is 5.91. The molecule has 0 unspecified atom stereocenters. The lowest BCUT2D eigenvalue weighted by Gasteiger charge is -2.06. The van der Waals surface area contributed by atoms with Crippen molar-refractivity contribution in [3.05, 3.63) is 53.9 Å². The molecule has 0 aliphatic carbocycles. The van der Waals surface area contributed by atoms with E-state index < -0.39 is 0 Å². The van der Waals surface area contributed by atoms with Crippen LogP contribution in [0.4, 0.5) is 5.69 Å². The first kappa shape index (κ1) is 12.2. The van der Waals surface area contributed by atoms with Gasteiger partial charge in [0.15, 0.2) is 0 Å². The SMILES string of the molecule is CNC(=O)c1ccc(NCc2ccn(C)c2)cc1. The Morgan fingerprint density at radius 1 is 1.22 bits per heavy atom. The summed E-state index contributed by atoms with van der Waals surface area (Å²) in [6, 6.07) is 9.52. The summed E-state index contributed by atoms with van der Waals surface area (Å²) in [5.41, 5.74) is 2.90. The van der Waals surface area contributed by atoms with Crippen LogP contribution >= 0.6 is 0 Å². The predicted octanol–water partition coefficient (Wildman–Crippen LogP) is 2.00. The van der Waals surface area contributed by atoms with Gasteiger partial charge in [-0.05, 0) is 35.9 Å². The highest BCUT2D eigenvalue weighted by atomic mass is 16.1. The van der Waals surface area contributed by atoms with Gasteiger partial charge in [-0.2, -0.15) is 0 Å². The molecule has 0 atom stereocenters. The second kappa shape index (κ2) is 5.40. The highest BCUT2D eigenvalue weighted by molar-refractivity contribution is 5.94. The fourth-order valence-electron chi connectivity index (χ4n) is 1.75. The first-order chi connectivity index (χ1) is 8.69.